The second-order valence-corrected chi connectivity index (χ2v) is 3.75. The molecule has 0 aliphatic rings. The topological polar surface area (TPSA) is 34.1 Å². The first kappa shape index (κ1) is 11.6. The fourth-order valence-electron chi connectivity index (χ4n) is 1.64. The van der Waals surface area contributed by atoms with Gasteiger partial charge in [0, 0.05) is 12.4 Å². The summed E-state index contributed by atoms with van der Waals surface area (Å²) >= 11 is 0. The zero-order valence-electron chi connectivity index (χ0n) is 9.84. The molecule has 3 heteroatoms. The Bertz CT molecular complexity index is 430. The van der Waals surface area contributed by atoms with E-state index in [1.807, 2.05) is 49.5 Å². The molecule has 0 spiro atoms. The third-order valence-electron chi connectivity index (χ3n) is 2.62. The molecule has 0 fully saturated rings. The van der Waals surface area contributed by atoms with Crippen molar-refractivity contribution in [1.29, 1.82) is 0 Å². The van der Waals surface area contributed by atoms with Gasteiger partial charge in [0.2, 0.25) is 0 Å². The van der Waals surface area contributed by atoms with Crippen molar-refractivity contribution < 1.29 is 4.74 Å². The van der Waals surface area contributed by atoms with Crippen molar-refractivity contribution in [1.82, 2.24) is 10.3 Å². The summed E-state index contributed by atoms with van der Waals surface area (Å²) in [5, 5.41) is 3.24. The van der Waals surface area contributed by atoms with Gasteiger partial charge in [0.05, 0.1) is 6.04 Å². The smallest absolute Gasteiger partial charge is 0.119 e. The Labute approximate surface area is 101 Å². The molecular formula is C14H16N2O. The second kappa shape index (κ2) is 6.01. The summed E-state index contributed by atoms with van der Waals surface area (Å²) in [6, 6.07) is 14.0. The van der Waals surface area contributed by atoms with Crippen LogP contribution in [0, 0.1) is 0 Å². The van der Waals surface area contributed by atoms with Crippen LogP contribution in [0.25, 0.3) is 0 Å². The lowest BCUT2D eigenvalue weighted by molar-refractivity contribution is 0.273. The molecule has 1 unspecified atom stereocenters. The lowest BCUT2D eigenvalue weighted by Crippen LogP contribution is -2.23. The number of hydrogen-bond donors (Lipinski definition) is 1. The van der Waals surface area contributed by atoms with Crippen LogP contribution in [-0.2, 0) is 0 Å². The Hall–Kier alpha value is -1.87. The first-order chi connectivity index (χ1) is 8.40. The first-order valence-corrected chi connectivity index (χ1v) is 5.65. The number of pyridine rings is 1. The van der Waals surface area contributed by atoms with Crippen molar-refractivity contribution in [2.24, 2.45) is 0 Å². The van der Waals surface area contributed by atoms with E-state index in [0.717, 1.165) is 5.75 Å². The SMILES string of the molecule is CNC(COc1ccccc1)c1ccncc1. The molecule has 88 valence electrons. The molecule has 0 saturated carbocycles. The zero-order chi connectivity index (χ0) is 11.9. The van der Waals surface area contributed by atoms with Crippen LogP contribution in [0.3, 0.4) is 0 Å². The van der Waals surface area contributed by atoms with Gasteiger partial charge >= 0.3 is 0 Å². The lowest BCUT2D eigenvalue weighted by atomic mass is 10.1. The average Bonchev–Trinajstić information content (AvgIpc) is 2.42. The molecule has 1 heterocycles. The van der Waals surface area contributed by atoms with Gasteiger partial charge in [-0.3, -0.25) is 4.98 Å². The van der Waals surface area contributed by atoms with E-state index in [-0.39, 0.29) is 6.04 Å². The standard InChI is InChI=1S/C14H16N2O/c1-15-14(12-7-9-16-10-8-12)11-17-13-5-3-2-4-6-13/h2-10,14-15H,11H2,1H3. The summed E-state index contributed by atoms with van der Waals surface area (Å²) in [5.74, 6) is 0.891. The molecule has 1 atom stereocenters. The number of para-hydroxylation sites is 1. The Morgan fingerprint density at radius 2 is 1.82 bits per heavy atom. The largest absolute Gasteiger partial charge is 0.492 e. The molecule has 1 N–H and O–H groups in total. The molecule has 0 aliphatic heterocycles. The van der Waals surface area contributed by atoms with Gasteiger partial charge in [0.15, 0.2) is 0 Å². The summed E-state index contributed by atoms with van der Waals surface area (Å²) in [7, 11) is 1.93. The van der Waals surface area contributed by atoms with E-state index in [9.17, 15) is 0 Å². The van der Waals surface area contributed by atoms with Crippen LogP contribution in [0.5, 0.6) is 5.75 Å². The second-order valence-electron chi connectivity index (χ2n) is 3.75. The van der Waals surface area contributed by atoms with Crippen molar-refractivity contribution in [2.45, 2.75) is 6.04 Å². The van der Waals surface area contributed by atoms with Crippen LogP contribution in [0.1, 0.15) is 11.6 Å². The normalized spacial score (nSPS) is 12.1. The number of likely N-dealkylation sites (N-methyl/N-ethyl adjacent to an activating group) is 1. The fraction of sp³-hybridized carbons (Fsp3) is 0.214. The maximum atomic E-state index is 5.73. The van der Waals surface area contributed by atoms with E-state index >= 15 is 0 Å². The summed E-state index contributed by atoms with van der Waals surface area (Å²) in [5.41, 5.74) is 1.18. The highest BCUT2D eigenvalue weighted by Crippen LogP contribution is 2.15. The predicted molar refractivity (Wildman–Crippen MR) is 68.0 cm³/mol. The van der Waals surface area contributed by atoms with Gasteiger partial charge in [0.1, 0.15) is 12.4 Å². The maximum absolute atomic E-state index is 5.73. The number of benzene rings is 1. The van der Waals surface area contributed by atoms with Gasteiger partial charge in [-0.05, 0) is 36.9 Å². The van der Waals surface area contributed by atoms with Crippen molar-refractivity contribution in [3.8, 4) is 5.75 Å². The molecular weight excluding hydrogens is 212 g/mol. The van der Waals surface area contributed by atoms with Crippen molar-refractivity contribution in [3.63, 3.8) is 0 Å². The molecule has 0 saturated heterocycles. The Morgan fingerprint density at radius 1 is 1.12 bits per heavy atom. The van der Waals surface area contributed by atoms with Crippen LogP contribution >= 0.6 is 0 Å². The first-order valence-electron chi connectivity index (χ1n) is 5.65. The van der Waals surface area contributed by atoms with Gasteiger partial charge in [-0.15, -0.1) is 0 Å². The van der Waals surface area contributed by atoms with Gasteiger partial charge < -0.3 is 10.1 Å². The summed E-state index contributed by atoms with van der Waals surface area (Å²) in [6.07, 6.45) is 3.59. The molecule has 0 amide bonds. The van der Waals surface area contributed by atoms with E-state index < -0.39 is 0 Å². The highest BCUT2D eigenvalue weighted by Gasteiger charge is 2.09. The molecule has 2 aromatic rings. The predicted octanol–water partition coefficient (Wildman–Crippen LogP) is 2.42. The quantitative estimate of drug-likeness (QED) is 0.853. The number of aromatic nitrogens is 1. The van der Waals surface area contributed by atoms with Gasteiger partial charge in [-0.25, -0.2) is 0 Å². The summed E-state index contributed by atoms with van der Waals surface area (Å²) in [6.45, 7) is 0.602. The maximum Gasteiger partial charge on any atom is 0.119 e. The average molecular weight is 228 g/mol. The highest BCUT2D eigenvalue weighted by molar-refractivity contribution is 5.22. The summed E-state index contributed by atoms with van der Waals surface area (Å²) < 4.78 is 5.73. The minimum absolute atomic E-state index is 0.179. The summed E-state index contributed by atoms with van der Waals surface area (Å²) in [4.78, 5) is 4.01. The third-order valence-corrected chi connectivity index (χ3v) is 2.62. The molecule has 17 heavy (non-hydrogen) atoms. The number of rotatable bonds is 5. The monoisotopic (exact) mass is 228 g/mol. The number of nitrogens with zero attached hydrogens (tertiary/aromatic N) is 1. The Balaban J connectivity index is 1.97. The minimum atomic E-state index is 0.179. The van der Waals surface area contributed by atoms with Crippen molar-refractivity contribution in [3.05, 3.63) is 60.4 Å². The van der Waals surface area contributed by atoms with E-state index in [4.69, 9.17) is 4.74 Å². The van der Waals surface area contributed by atoms with Gasteiger partial charge in [-0.2, -0.15) is 0 Å². The lowest BCUT2D eigenvalue weighted by Gasteiger charge is -2.17. The highest BCUT2D eigenvalue weighted by atomic mass is 16.5. The molecule has 3 nitrogen and oxygen atoms in total. The van der Waals surface area contributed by atoms with Crippen LogP contribution in [0.4, 0.5) is 0 Å². The van der Waals surface area contributed by atoms with E-state index in [2.05, 4.69) is 10.3 Å². The molecule has 1 aromatic carbocycles. The number of ether oxygens (including phenoxy) is 1. The number of hydrogen-bond acceptors (Lipinski definition) is 3. The van der Waals surface area contributed by atoms with Crippen LogP contribution in [0.2, 0.25) is 0 Å². The van der Waals surface area contributed by atoms with Gasteiger partial charge in [0.25, 0.3) is 0 Å². The molecule has 0 bridgehead atoms. The van der Waals surface area contributed by atoms with Crippen molar-refractivity contribution >= 4 is 0 Å². The van der Waals surface area contributed by atoms with E-state index in [0.29, 0.717) is 6.61 Å². The zero-order valence-corrected chi connectivity index (χ0v) is 9.84. The van der Waals surface area contributed by atoms with E-state index in [1.54, 1.807) is 12.4 Å². The van der Waals surface area contributed by atoms with Crippen LogP contribution in [0.15, 0.2) is 54.9 Å². The van der Waals surface area contributed by atoms with Crippen molar-refractivity contribution in [2.75, 3.05) is 13.7 Å². The van der Waals surface area contributed by atoms with Gasteiger partial charge in [-0.1, -0.05) is 18.2 Å². The Kier molecular flexibility index (Phi) is 4.11. The molecule has 2 rings (SSSR count). The fourth-order valence-corrected chi connectivity index (χ4v) is 1.64. The van der Waals surface area contributed by atoms with Crippen LogP contribution in [-0.4, -0.2) is 18.6 Å². The third kappa shape index (κ3) is 3.29. The molecule has 0 radical (unpaired) electrons. The molecule has 0 aliphatic carbocycles. The minimum Gasteiger partial charge on any atom is -0.492 e. The van der Waals surface area contributed by atoms with E-state index in [1.165, 1.54) is 5.56 Å². The molecule has 1 aromatic heterocycles. The number of nitrogens with one attached hydrogen (secondary N) is 1. The van der Waals surface area contributed by atoms with Crippen LogP contribution < -0.4 is 10.1 Å². The Morgan fingerprint density at radius 3 is 2.47 bits per heavy atom.